The van der Waals surface area contributed by atoms with E-state index >= 15 is 0 Å². The van der Waals surface area contributed by atoms with Crippen molar-refractivity contribution in [1.82, 2.24) is 5.32 Å². The van der Waals surface area contributed by atoms with Gasteiger partial charge in [-0.1, -0.05) is 25.5 Å². The molecule has 5 heteroatoms. The number of non-ortho nitro benzene ring substituents is 1. The number of nitro groups is 1. The van der Waals surface area contributed by atoms with Gasteiger partial charge in [-0.05, 0) is 37.7 Å². The predicted molar refractivity (Wildman–Crippen MR) is 82.1 cm³/mol. The van der Waals surface area contributed by atoms with Gasteiger partial charge in [0.2, 0.25) is 0 Å². The molecule has 1 aliphatic carbocycles. The fourth-order valence-corrected chi connectivity index (χ4v) is 3.02. The van der Waals surface area contributed by atoms with Crippen molar-refractivity contribution in [1.29, 1.82) is 0 Å². The molecule has 0 heterocycles. The summed E-state index contributed by atoms with van der Waals surface area (Å²) >= 11 is 0. The van der Waals surface area contributed by atoms with Gasteiger partial charge in [0, 0.05) is 24.2 Å². The number of nitrogens with zero attached hydrogens (tertiary/aromatic N) is 1. The maximum absolute atomic E-state index is 10.9. The Morgan fingerprint density at radius 2 is 2.10 bits per heavy atom. The van der Waals surface area contributed by atoms with E-state index in [2.05, 4.69) is 12.2 Å². The van der Waals surface area contributed by atoms with E-state index in [0.29, 0.717) is 6.04 Å². The number of nitrogens with one attached hydrogen (secondary N) is 1. The van der Waals surface area contributed by atoms with Crippen LogP contribution in [0.2, 0.25) is 0 Å². The van der Waals surface area contributed by atoms with Crippen molar-refractivity contribution in [3.05, 3.63) is 39.9 Å². The Hall–Kier alpha value is -1.46. The molecule has 1 saturated carbocycles. The van der Waals surface area contributed by atoms with Gasteiger partial charge in [0.25, 0.3) is 5.69 Å². The summed E-state index contributed by atoms with van der Waals surface area (Å²) in [6.07, 6.45) is 5.44. The number of aliphatic hydroxyl groups excluding tert-OH is 1. The van der Waals surface area contributed by atoms with Gasteiger partial charge in [-0.3, -0.25) is 10.1 Å². The van der Waals surface area contributed by atoms with Gasteiger partial charge >= 0.3 is 0 Å². The second kappa shape index (κ2) is 7.52. The number of benzene rings is 1. The van der Waals surface area contributed by atoms with Crippen LogP contribution in [0.1, 0.15) is 57.1 Å². The van der Waals surface area contributed by atoms with Crippen molar-refractivity contribution >= 4 is 5.69 Å². The second-order valence-electron chi connectivity index (χ2n) is 5.87. The Kier molecular flexibility index (Phi) is 5.70. The van der Waals surface area contributed by atoms with E-state index in [4.69, 9.17) is 0 Å². The van der Waals surface area contributed by atoms with Crippen LogP contribution in [0.15, 0.2) is 24.3 Å². The number of aliphatic hydroxyl groups is 1. The van der Waals surface area contributed by atoms with Gasteiger partial charge in [0.15, 0.2) is 0 Å². The van der Waals surface area contributed by atoms with Gasteiger partial charge in [0.1, 0.15) is 0 Å². The molecule has 1 aromatic carbocycles. The van der Waals surface area contributed by atoms with Gasteiger partial charge in [-0.15, -0.1) is 0 Å². The SMILES string of the molecule is CCCC(NC1CCC(O)CC1)c1cccc([N+](=O)[O-])c1. The maximum atomic E-state index is 10.9. The minimum atomic E-state index is -0.344. The monoisotopic (exact) mass is 292 g/mol. The fourth-order valence-electron chi connectivity index (χ4n) is 3.02. The molecule has 0 saturated heterocycles. The maximum Gasteiger partial charge on any atom is 0.269 e. The molecule has 2 N–H and O–H groups in total. The highest BCUT2D eigenvalue weighted by atomic mass is 16.6. The standard InChI is InChI=1S/C16H24N2O3/c1-2-4-16(17-13-7-9-15(19)10-8-13)12-5-3-6-14(11-12)18(20)21/h3,5-6,11,13,15-17,19H,2,4,7-10H2,1H3. The van der Waals surface area contributed by atoms with Crippen molar-refractivity contribution < 1.29 is 10.0 Å². The molecule has 116 valence electrons. The van der Waals surface area contributed by atoms with Gasteiger partial charge in [-0.2, -0.15) is 0 Å². The molecule has 1 atom stereocenters. The lowest BCUT2D eigenvalue weighted by atomic mass is 9.91. The Morgan fingerprint density at radius 1 is 1.38 bits per heavy atom. The summed E-state index contributed by atoms with van der Waals surface area (Å²) in [5.74, 6) is 0. The zero-order valence-electron chi connectivity index (χ0n) is 12.5. The highest BCUT2D eigenvalue weighted by molar-refractivity contribution is 5.35. The third-order valence-electron chi connectivity index (χ3n) is 4.19. The van der Waals surface area contributed by atoms with Crippen LogP contribution in [-0.4, -0.2) is 22.2 Å². The minimum Gasteiger partial charge on any atom is -0.393 e. The van der Waals surface area contributed by atoms with E-state index in [0.717, 1.165) is 44.1 Å². The van der Waals surface area contributed by atoms with Gasteiger partial charge in [0.05, 0.1) is 11.0 Å². The average molecular weight is 292 g/mol. The first-order valence-corrected chi connectivity index (χ1v) is 7.78. The first-order valence-electron chi connectivity index (χ1n) is 7.78. The zero-order valence-corrected chi connectivity index (χ0v) is 12.5. The summed E-state index contributed by atoms with van der Waals surface area (Å²) in [7, 11) is 0. The summed E-state index contributed by atoms with van der Waals surface area (Å²) in [6, 6.07) is 7.45. The van der Waals surface area contributed by atoms with Crippen LogP contribution in [0.4, 0.5) is 5.69 Å². The second-order valence-corrected chi connectivity index (χ2v) is 5.87. The van der Waals surface area contributed by atoms with Crippen molar-refractivity contribution in [2.45, 2.75) is 63.6 Å². The molecule has 1 aromatic rings. The molecule has 21 heavy (non-hydrogen) atoms. The van der Waals surface area contributed by atoms with Crippen LogP contribution >= 0.6 is 0 Å². The Labute approximate surface area is 125 Å². The normalized spacial score (nSPS) is 23.7. The van der Waals surface area contributed by atoms with Crippen molar-refractivity contribution in [2.24, 2.45) is 0 Å². The number of hydrogen-bond acceptors (Lipinski definition) is 4. The number of hydrogen-bond donors (Lipinski definition) is 2. The highest BCUT2D eigenvalue weighted by Gasteiger charge is 2.23. The molecule has 5 nitrogen and oxygen atoms in total. The molecule has 0 bridgehead atoms. The van der Waals surface area contributed by atoms with Crippen LogP contribution in [0, 0.1) is 10.1 Å². The van der Waals surface area contributed by atoms with E-state index in [1.807, 2.05) is 6.07 Å². The summed E-state index contributed by atoms with van der Waals surface area (Å²) in [5, 5.41) is 24.1. The third-order valence-corrected chi connectivity index (χ3v) is 4.19. The van der Waals surface area contributed by atoms with Gasteiger partial charge in [-0.25, -0.2) is 0 Å². The smallest absolute Gasteiger partial charge is 0.269 e. The number of nitro benzene ring substituents is 1. The lowest BCUT2D eigenvalue weighted by molar-refractivity contribution is -0.384. The minimum absolute atomic E-state index is 0.148. The average Bonchev–Trinajstić information content (AvgIpc) is 2.49. The van der Waals surface area contributed by atoms with Crippen molar-refractivity contribution in [3.63, 3.8) is 0 Å². The van der Waals surface area contributed by atoms with E-state index in [-0.39, 0.29) is 22.8 Å². The van der Waals surface area contributed by atoms with Crippen LogP contribution in [0.25, 0.3) is 0 Å². The summed E-state index contributed by atoms with van der Waals surface area (Å²) in [4.78, 5) is 10.6. The molecular formula is C16H24N2O3. The van der Waals surface area contributed by atoms with Crippen LogP contribution in [0.5, 0.6) is 0 Å². The molecule has 1 fully saturated rings. The molecule has 0 aromatic heterocycles. The lowest BCUT2D eigenvalue weighted by Gasteiger charge is -2.30. The Morgan fingerprint density at radius 3 is 2.71 bits per heavy atom. The third kappa shape index (κ3) is 4.51. The summed E-state index contributed by atoms with van der Waals surface area (Å²) in [6.45, 7) is 2.12. The summed E-state index contributed by atoms with van der Waals surface area (Å²) in [5.41, 5.74) is 1.13. The summed E-state index contributed by atoms with van der Waals surface area (Å²) < 4.78 is 0. The molecule has 0 amide bonds. The Balaban J connectivity index is 2.07. The van der Waals surface area contributed by atoms with Crippen molar-refractivity contribution in [3.8, 4) is 0 Å². The van der Waals surface area contributed by atoms with Crippen LogP contribution < -0.4 is 5.32 Å². The molecule has 1 aliphatic rings. The zero-order chi connectivity index (χ0) is 15.2. The predicted octanol–water partition coefficient (Wildman–Crippen LogP) is 3.33. The van der Waals surface area contributed by atoms with Crippen LogP contribution in [0.3, 0.4) is 0 Å². The van der Waals surface area contributed by atoms with Gasteiger partial charge < -0.3 is 10.4 Å². The van der Waals surface area contributed by atoms with E-state index in [1.165, 1.54) is 6.07 Å². The first-order chi connectivity index (χ1) is 10.1. The highest BCUT2D eigenvalue weighted by Crippen LogP contribution is 2.26. The lowest BCUT2D eigenvalue weighted by Crippen LogP contribution is -2.37. The molecule has 2 rings (SSSR count). The largest absolute Gasteiger partial charge is 0.393 e. The quantitative estimate of drug-likeness (QED) is 0.623. The molecule has 0 radical (unpaired) electrons. The van der Waals surface area contributed by atoms with E-state index < -0.39 is 0 Å². The molecular weight excluding hydrogens is 268 g/mol. The topological polar surface area (TPSA) is 75.4 Å². The number of rotatable bonds is 6. The fraction of sp³-hybridized carbons (Fsp3) is 0.625. The van der Waals surface area contributed by atoms with Crippen LogP contribution in [-0.2, 0) is 0 Å². The Bertz CT molecular complexity index is 470. The van der Waals surface area contributed by atoms with E-state index in [1.54, 1.807) is 12.1 Å². The van der Waals surface area contributed by atoms with E-state index in [9.17, 15) is 15.2 Å². The molecule has 0 aliphatic heterocycles. The molecule has 0 spiro atoms. The molecule has 1 unspecified atom stereocenters. The first kappa shape index (κ1) is 15.9. The van der Waals surface area contributed by atoms with Crippen molar-refractivity contribution in [2.75, 3.05) is 0 Å².